The van der Waals surface area contributed by atoms with Crippen LogP contribution < -0.4 is 10.6 Å². The van der Waals surface area contributed by atoms with Gasteiger partial charge in [-0.3, -0.25) is 4.98 Å². The Balaban J connectivity index is 3.11. The SMILES string of the molecule is Cc1cc(N(C)CC(C)(C)C)c(CN)c(C)n1. The molecule has 1 rings (SSSR count). The summed E-state index contributed by atoms with van der Waals surface area (Å²) >= 11 is 0. The minimum absolute atomic E-state index is 0.270. The molecule has 0 amide bonds. The molecule has 0 saturated carbocycles. The third-order valence-electron chi connectivity index (χ3n) is 2.76. The smallest absolute Gasteiger partial charge is 0.0445 e. The highest BCUT2D eigenvalue weighted by molar-refractivity contribution is 5.55. The Morgan fingerprint density at radius 1 is 1.29 bits per heavy atom. The highest BCUT2D eigenvalue weighted by Gasteiger charge is 2.17. The van der Waals surface area contributed by atoms with Crippen molar-refractivity contribution in [3.05, 3.63) is 23.0 Å². The molecule has 0 unspecified atom stereocenters. The van der Waals surface area contributed by atoms with Crippen LogP contribution >= 0.6 is 0 Å². The van der Waals surface area contributed by atoms with Crippen molar-refractivity contribution in [3.8, 4) is 0 Å². The minimum Gasteiger partial charge on any atom is -0.374 e. The number of nitrogens with two attached hydrogens (primary N) is 1. The first-order chi connectivity index (χ1) is 7.74. The molecule has 17 heavy (non-hydrogen) atoms. The lowest BCUT2D eigenvalue weighted by Crippen LogP contribution is -2.30. The second kappa shape index (κ2) is 5.05. The summed E-state index contributed by atoms with van der Waals surface area (Å²) in [5, 5.41) is 0. The Morgan fingerprint density at radius 2 is 1.88 bits per heavy atom. The first-order valence-corrected chi connectivity index (χ1v) is 6.13. The van der Waals surface area contributed by atoms with Crippen LogP contribution in [0.1, 0.15) is 37.7 Å². The van der Waals surface area contributed by atoms with Crippen molar-refractivity contribution >= 4 is 5.69 Å². The number of anilines is 1. The van der Waals surface area contributed by atoms with Gasteiger partial charge in [-0.2, -0.15) is 0 Å². The van der Waals surface area contributed by atoms with Crippen LogP contribution in [0, 0.1) is 19.3 Å². The van der Waals surface area contributed by atoms with Crippen molar-refractivity contribution < 1.29 is 0 Å². The number of aromatic nitrogens is 1. The van der Waals surface area contributed by atoms with Gasteiger partial charge in [-0.15, -0.1) is 0 Å². The van der Waals surface area contributed by atoms with Gasteiger partial charge in [0.25, 0.3) is 0 Å². The van der Waals surface area contributed by atoms with Crippen LogP contribution in [0.2, 0.25) is 0 Å². The van der Waals surface area contributed by atoms with E-state index in [2.05, 4.69) is 43.8 Å². The summed E-state index contributed by atoms with van der Waals surface area (Å²) in [5.41, 5.74) is 10.6. The van der Waals surface area contributed by atoms with E-state index in [-0.39, 0.29) is 5.41 Å². The van der Waals surface area contributed by atoms with E-state index < -0.39 is 0 Å². The molecule has 0 saturated heterocycles. The maximum atomic E-state index is 5.84. The topological polar surface area (TPSA) is 42.1 Å². The highest BCUT2D eigenvalue weighted by Crippen LogP contribution is 2.25. The molecule has 0 fully saturated rings. The molecule has 0 aliphatic carbocycles. The van der Waals surface area contributed by atoms with E-state index in [0.717, 1.165) is 23.5 Å². The van der Waals surface area contributed by atoms with Crippen LogP contribution in [0.4, 0.5) is 5.69 Å². The van der Waals surface area contributed by atoms with Gasteiger partial charge in [-0.05, 0) is 25.3 Å². The highest BCUT2D eigenvalue weighted by atomic mass is 15.1. The van der Waals surface area contributed by atoms with Crippen molar-refractivity contribution in [3.63, 3.8) is 0 Å². The molecule has 3 heteroatoms. The molecule has 1 heterocycles. The lowest BCUT2D eigenvalue weighted by atomic mass is 9.95. The monoisotopic (exact) mass is 235 g/mol. The maximum absolute atomic E-state index is 5.84. The maximum Gasteiger partial charge on any atom is 0.0445 e. The molecule has 0 spiro atoms. The van der Waals surface area contributed by atoms with Crippen LogP contribution in [0.3, 0.4) is 0 Å². The van der Waals surface area contributed by atoms with E-state index in [1.807, 2.05) is 13.8 Å². The normalized spacial score (nSPS) is 11.7. The molecule has 96 valence electrons. The molecule has 0 radical (unpaired) electrons. The van der Waals surface area contributed by atoms with Crippen LogP contribution in [0.15, 0.2) is 6.07 Å². The summed E-state index contributed by atoms with van der Waals surface area (Å²) in [6.45, 7) is 12.3. The summed E-state index contributed by atoms with van der Waals surface area (Å²) in [7, 11) is 2.12. The van der Waals surface area contributed by atoms with Crippen molar-refractivity contribution in [2.75, 3.05) is 18.5 Å². The molecule has 1 aromatic rings. The first kappa shape index (κ1) is 14.0. The summed E-state index contributed by atoms with van der Waals surface area (Å²) in [5.74, 6) is 0. The third kappa shape index (κ3) is 3.70. The second-order valence-electron chi connectivity index (χ2n) is 5.97. The van der Waals surface area contributed by atoms with Crippen molar-refractivity contribution in [1.29, 1.82) is 0 Å². The largest absolute Gasteiger partial charge is 0.374 e. The zero-order chi connectivity index (χ0) is 13.2. The quantitative estimate of drug-likeness (QED) is 0.875. The molecule has 2 N–H and O–H groups in total. The first-order valence-electron chi connectivity index (χ1n) is 6.13. The summed E-state index contributed by atoms with van der Waals surface area (Å²) < 4.78 is 0. The predicted octanol–water partition coefficient (Wildman–Crippen LogP) is 2.64. The Labute approximate surface area is 105 Å². The standard InChI is InChI=1S/C14H25N3/c1-10-7-13(12(8-15)11(2)16-10)17(6)9-14(3,4)5/h7H,8-9,15H2,1-6H3. The zero-order valence-corrected chi connectivity index (χ0v) is 12.0. The minimum atomic E-state index is 0.270. The van der Waals surface area contributed by atoms with Crippen LogP contribution in [-0.4, -0.2) is 18.6 Å². The lowest BCUT2D eigenvalue weighted by Gasteiger charge is -2.30. The molecule has 0 bridgehead atoms. The molecular formula is C14H25N3. The number of nitrogens with zero attached hydrogens (tertiary/aromatic N) is 2. The molecule has 1 aromatic heterocycles. The van der Waals surface area contributed by atoms with Gasteiger partial charge in [0.2, 0.25) is 0 Å². The number of aryl methyl sites for hydroxylation is 2. The molecule has 0 aliphatic rings. The Kier molecular flexibility index (Phi) is 4.15. The van der Waals surface area contributed by atoms with Gasteiger partial charge in [0.15, 0.2) is 0 Å². The number of hydrogen-bond donors (Lipinski definition) is 1. The van der Waals surface area contributed by atoms with Crippen molar-refractivity contribution in [1.82, 2.24) is 4.98 Å². The van der Waals surface area contributed by atoms with Crippen LogP contribution in [0.25, 0.3) is 0 Å². The van der Waals surface area contributed by atoms with Crippen LogP contribution in [0.5, 0.6) is 0 Å². The Morgan fingerprint density at radius 3 is 2.35 bits per heavy atom. The predicted molar refractivity (Wildman–Crippen MR) is 74.3 cm³/mol. The lowest BCUT2D eigenvalue weighted by molar-refractivity contribution is 0.418. The number of pyridine rings is 1. The fraction of sp³-hybridized carbons (Fsp3) is 0.643. The van der Waals surface area contributed by atoms with E-state index in [1.54, 1.807) is 0 Å². The molecular weight excluding hydrogens is 210 g/mol. The van der Waals surface area contributed by atoms with Crippen LogP contribution in [-0.2, 0) is 6.54 Å². The average molecular weight is 235 g/mol. The second-order valence-corrected chi connectivity index (χ2v) is 5.97. The van der Waals surface area contributed by atoms with E-state index in [4.69, 9.17) is 5.73 Å². The fourth-order valence-corrected chi connectivity index (χ4v) is 2.22. The molecule has 0 atom stereocenters. The molecule has 0 aromatic carbocycles. The van der Waals surface area contributed by atoms with Crippen molar-refractivity contribution in [2.45, 2.75) is 41.2 Å². The number of rotatable bonds is 3. The van der Waals surface area contributed by atoms with Gasteiger partial charge < -0.3 is 10.6 Å². The van der Waals surface area contributed by atoms with Gasteiger partial charge in [0.1, 0.15) is 0 Å². The van der Waals surface area contributed by atoms with Gasteiger partial charge in [0, 0.05) is 42.8 Å². The van der Waals surface area contributed by atoms with Crippen molar-refractivity contribution in [2.24, 2.45) is 11.1 Å². The van der Waals surface area contributed by atoms with Gasteiger partial charge in [-0.25, -0.2) is 0 Å². The molecule has 3 nitrogen and oxygen atoms in total. The Bertz CT molecular complexity index is 391. The van der Waals surface area contributed by atoms with Gasteiger partial charge in [0.05, 0.1) is 0 Å². The molecule has 0 aliphatic heterocycles. The van der Waals surface area contributed by atoms with E-state index in [9.17, 15) is 0 Å². The Hall–Kier alpha value is -1.09. The van der Waals surface area contributed by atoms with E-state index in [1.165, 1.54) is 5.69 Å². The summed E-state index contributed by atoms with van der Waals surface area (Å²) in [6, 6.07) is 2.13. The van der Waals surface area contributed by atoms with E-state index >= 15 is 0 Å². The number of hydrogen-bond acceptors (Lipinski definition) is 3. The summed E-state index contributed by atoms with van der Waals surface area (Å²) in [6.07, 6.45) is 0. The summed E-state index contributed by atoms with van der Waals surface area (Å²) in [4.78, 5) is 6.76. The third-order valence-corrected chi connectivity index (χ3v) is 2.76. The van der Waals surface area contributed by atoms with Gasteiger partial charge in [-0.1, -0.05) is 20.8 Å². The van der Waals surface area contributed by atoms with Gasteiger partial charge >= 0.3 is 0 Å². The zero-order valence-electron chi connectivity index (χ0n) is 12.0. The van der Waals surface area contributed by atoms with E-state index in [0.29, 0.717) is 6.54 Å². The fourth-order valence-electron chi connectivity index (χ4n) is 2.22. The average Bonchev–Trinajstić information content (AvgIpc) is 2.13.